The summed E-state index contributed by atoms with van der Waals surface area (Å²) in [5, 5.41) is 2.45. The SMILES string of the molecule is C(=C\c1ccc(N(c2ccc3c(c2)C2(c4ccccc4-c4ccccc42)c2ccccc2-3)c2ccc3c(c2)c2ccccc2n3-c2ccccc2)cc1)/c1ccccc1. The average Bonchev–Trinajstić information content (AvgIpc) is 3.91. The van der Waals surface area contributed by atoms with E-state index >= 15 is 0 Å². The van der Waals surface area contributed by atoms with Gasteiger partial charge < -0.3 is 9.47 Å². The Labute approximate surface area is 344 Å². The molecule has 1 heterocycles. The zero-order chi connectivity index (χ0) is 38.9. The van der Waals surface area contributed by atoms with Crippen LogP contribution in [0.2, 0.25) is 0 Å². The summed E-state index contributed by atoms with van der Waals surface area (Å²) in [7, 11) is 0. The van der Waals surface area contributed by atoms with E-state index < -0.39 is 5.41 Å². The Morgan fingerprint density at radius 3 is 1.47 bits per heavy atom. The van der Waals surface area contributed by atoms with Crippen LogP contribution in [0.1, 0.15) is 33.4 Å². The molecular formula is C57H38N2. The van der Waals surface area contributed by atoms with Crippen LogP contribution in [-0.2, 0) is 5.41 Å². The third-order valence-electron chi connectivity index (χ3n) is 12.6. The van der Waals surface area contributed by atoms with Crippen LogP contribution < -0.4 is 4.90 Å². The zero-order valence-electron chi connectivity index (χ0n) is 32.3. The molecule has 0 saturated heterocycles. The van der Waals surface area contributed by atoms with E-state index in [0.717, 1.165) is 28.3 Å². The maximum Gasteiger partial charge on any atom is 0.0726 e. The van der Waals surface area contributed by atoms with E-state index in [1.54, 1.807) is 0 Å². The minimum absolute atomic E-state index is 0.431. The summed E-state index contributed by atoms with van der Waals surface area (Å²) in [5.41, 5.74) is 19.4. The first kappa shape index (κ1) is 33.5. The highest BCUT2D eigenvalue weighted by molar-refractivity contribution is 6.11. The van der Waals surface area contributed by atoms with Crippen LogP contribution >= 0.6 is 0 Å². The Morgan fingerprint density at radius 1 is 0.339 bits per heavy atom. The van der Waals surface area contributed by atoms with Gasteiger partial charge in [-0.05, 0) is 116 Å². The molecule has 12 rings (SSSR count). The molecular weight excluding hydrogens is 713 g/mol. The molecule has 0 radical (unpaired) electrons. The molecule has 2 nitrogen and oxygen atoms in total. The third-order valence-corrected chi connectivity index (χ3v) is 12.6. The van der Waals surface area contributed by atoms with Crippen molar-refractivity contribution >= 4 is 51.0 Å². The summed E-state index contributed by atoms with van der Waals surface area (Å²) in [6.45, 7) is 0. The van der Waals surface area contributed by atoms with Gasteiger partial charge >= 0.3 is 0 Å². The fourth-order valence-corrected chi connectivity index (χ4v) is 10.1. The fraction of sp³-hybridized carbons (Fsp3) is 0.0175. The van der Waals surface area contributed by atoms with Crippen LogP contribution in [0.3, 0.4) is 0 Å². The Balaban J connectivity index is 1.08. The summed E-state index contributed by atoms with van der Waals surface area (Å²) in [4.78, 5) is 2.45. The second kappa shape index (κ2) is 13.2. The molecule has 0 unspecified atom stereocenters. The molecule has 0 atom stereocenters. The number of anilines is 3. The lowest BCUT2D eigenvalue weighted by molar-refractivity contribution is 0.793. The Hall–Kier alpha value is -7.68. The quantitative estimate of drug-likeness (QED) is 0.154. The molecule has 2 heteroatoms. The minimum atomic E-state index is -0.431. The van der Waals surface area contributed by atoms with Crippen LogP contribution in [0.25, 0.3) is 61.9 Å². The summed E-state index contributed by atoms with van der Waals surface area (Å²) in [6, 6.07) is 80.2. The maximum absolute atomic E-state index is 2.48. The second-order valence-corrected chi connectivity index (χ2v) is 15.7. The van der Waals surface area contributed by atoms with Gasteiger partial charge in [-0.3, -0.25) is 0 Å². The van der Waals surface area contributed by atoms with Crippen LogP contribution in [0.15, 0.2) is 218 Å². The molecule has 0 saturated carbocycles. The van der Waals surface area contributed by atoms with Crippen LogP contribution in [-0.4, -0.2) is 4.57 Å². The van der Waals surface area contributed by atoms with Gasteiger partial charge in [0.25, 0.3) is 0 Å². The first-order chi connectivity index (χ1) is 29.3. The summed E-state index contributed by atoms with van der Waals surface area (Å²) in [5.74, 6) is 0. The molecule has 276 valence electrons. The van der Waals surface area contributed by atoms with Gasteiger partial charge in [0.15, 0.2) is 0 Å². The van der Waals surface area contributed by atoms with Crippen molar-refractivity contribution in [1.82, 2.24) is 4.57 Å². The van der Waals surface area contributed by atoms with Crippen LogP contribution in [0.5, 0.6) is 0 Å². The van der Waals surface area contributed by atoms with E-state index in [4.69, 9.17) is 0 Å². The highest BCUT2D eigenvalue weighted by Gasteiger charge is 2.51. The third kappa shape index (κ3) is 5.00. The van der Waals surface area contributed by atoms with Crippen molar-refractivity contribution in [3.8, 4) is 27.9 Å². The van der Waals surface area contributed by atoms with Crippen molar-refractivity contribution in [2.24, 2.45) is 0 Å². The average molecular weight is 751 g/mol. The molecule has 0 aliphatic heterocycles. The number of rotatable bonds is 6. The molecule has 9 aromatic carbocycles. The Morgan fingerprint density at radius 2 is 0.814 bits per heavy atom. The largest absolute Gasteiger partial charge is 0.310 e. The lowest BCUT2D eigenvalue weighted by Crippen LogP contribution is -2.26. The van der Waals surface area contributed by atoms with Crippen LogP contribution in [0, 0.1) is 0 Å². The summed E-state index contributed by atoms with van der Waals surface area (Å²) >= 11 is 0. The molecule has 1 spiro atoms. The first-order valence-electron chi connectivity index (χ1n) is 20.4. The van der Waals surface area contributed by atoms with E-state index in [-0.39, 0.29) is 0 Å². The van der Waals surface area contributed by atoms with Gasteiger partial charge in [0, 0.05) is 33.5 Å². The van der Waals surface area contributed by atoms with Gasteiger partial charge in [0.1, 0.15) is 0 Å². The van der Waals surface area contributed by atoms with Crippen molar-refractivity contribution in [2.75, 3.05) is 4.90 Å². The number of hydrogen-bond acceptors (Lipinski definition) is 1. The lowest BCUT2D eigenvalue weighted by Gasteiger charge is -2.32. The first-order valence-corrected chi connectivity index (χ1v) is 20.4. The van der Waals surface area contributed by atoms with Gasteiger partial charge in [-0.15, -0.1) is 0 Å². The Kier molecular flexibility index (Phi) is 7.48. The smallest absolute Gasteiger partial charge is 0.0726 e. The molecule has 1 aromatic heterocycles. The van der Waals surface area contributed by atoms with E-state index in [1.165, 1.54) is 71.9 Å². The highest BCUT2D eigenvalue weighted by Crippen LogP contribution is 2.63. The monoisotopic (exact) mass is 750 g/mol. The number of fused-ring (bicyclic) bond motifs is 13. The topological polar surface area (TPSA) is 8.17 Å². The predicted octanol–water partition coefficient (Wildman–Crippen LogP) is 14.8. The predicted molar refractivity (Wildman–Crippen MR) is 247 cm³/mol. The number of benzene rings is 9. The van der Waals surface area contributed by atoms with Crippen LogP contribution in [0.4, 0.5) is 17.1 Å². The van der Waals surface area contributed by atoms with Gasteiger partial charge in [-0.2, -0.15) is 0 Å². The Bertz CT molecular complexity index is 3200. The van der Waals surface area contributed by atoms with Gasteiger partial charge in [-0.1, -0.05) is 170 Å². The molecule has 59 heavy (non-hydrogen) atoms. The number of aromatic nitrogens is 1. The second-order valence-electron chi connectivity index (χ2n) is 15.7. The van der Waals surface area contributed by atoms with Gasteiger partial charge in [0.05, 0.1) is 16.4 Å². The van der Waals surface area contributed by atoms with Crippen molar-refractivity contribution in [1.29, 1.82) is 0 Å². The van der Waals surface area contributed by atoms with E-state index in [0.29, 0.717) is 0 Å². The summed E-state index contributed by atoms with van der Waals surface area (Å²) in [6.07, 6.45) is 4.37. The fourth-order valence-electron chi connectivity index (χ4n) is 10.1. The molecule has 0 bridgehead atoms. The molecule has 2 aliphatic carbocycles. The molecule has 10 aromatic rings. The van der Waals surface area contributed by atoms with Crippen molar-refractivity contribution in [3.63, 3.8) is 0 Å². The molecule has 0 N–H and O–H groups in total. The van der Waals surface area contributed by atoms with Gasteiger partial charge in [0.2, 0.25) is 0 Å². The number of hydrogen-bond donors (Lipinski definition) is 0. The van der Waals surface area contributed by atoms with E-state index in [2.05, 4.69) is 240 Å². The zero-order valence-corrected chi connectivity index (χ0v) is 32.3. The maximum atomic E-state index is 2.48. The lowest BCUT2D eigenvalue weighted by atomic mass is 9.70. The standard InChI is InChI=1S/C57H38N2/c1-3-15-39(16-4-1)27-28-40-29-31-42(32-30-40)58(43-34-36-56-50(37-43)49-22-10-14-26-55(49)59(56)41-17-5-2-6-18-41)44-33-35-48-47-21-9-13-25-53(47)57(54(48)38-44)51-23-11-7-19-45(51)46-20-8-12-24-52(46)57/h1-38H/b28-27+. The minimum Gasteiger partial charge on any atom is -0.310 e. The molecule has 2 aliphatic rings. The highest BCUT2D eigenvalue weighted by atomic mass is 15.1. The number of para-hydroxylation sites is 2. The van der Waals surface area contributed by atoms with Crippen molar-refractivity contribution < 1.29 is 0 Å². The van der Waals surface area contributed by atoms with E-state index in [9.17, 15) is 0 Å². The normalized spacial score (nSPS) is 13.2. The van der Waals surface area contributed by atoms with Crippen molar-refractivity contribution in [3.05, 3.63) is 252 Å². The van der Waals surface area contributed by atoms with E-state index in [1.807, 2.05) is 0 Å². The molecule has 0 amide bonds. The van der Waals surface area contributed by atoms with Crippen molar-refractivity contribution in [2.45, 2.75) is 5.41 Å². The summed E-state index contributed by atoms with van der Waals surface area (Å²) < 4.78 is 2.39. The molecule has 0 fully saturated rings. The number of nitrogens with zero attached hydrogens (tertiary/aromatic N) is 2. The van der Waals surface area contributed by atoms with Gasteiger partial charge in [-0.25, -0.2) is 0 Å².